The monoisotopic (exact) mass is 493 g/mol. The first-order valence-corrected chi connectivity index (χ1v) is 11.1. The lowest BCUT2D eigenvalue weighted by Crippen LogP contribution is -2.31. The van der Waals surface area contributed by atoms with Crippen molar-refractivity contribution in [1.29, 1.82) is 0 Å². The summed E-state index contributed by atoms with van der Waals surface area (Å²) in [6, 6.07) is 8.63. The van der Waals surface area contributed by atoms with Crippen LogP contribution in [-0.2, 0) is 11.3 Å². The Labute approximate surface area is 201 Å². The van der Waals surface area contributed by atoms with Crippen molar-refractivity contribution < 1.29 is 19.7 Å². The molecular weight excluding hydrogens is 469 g/mol. The van der Waals surface area contributed by atoms with Crippen LogP contribution in [0.2, 0.25) is 10.0 Å². The molecule has 11 heteroatoms. The highest BCUT2D eigenvalue weighted by molar-refractivity contribution is 6.42. The van der Waals surface area contributed by atoms with Crippen LogP contribution in [-0.4, -0.2) is 43.5 Å². The van der Waals surface area contributed by atoms with Crippen molar-refractivity contribution in [3.63, 3.8) is 0 Å². The molecule has 0 saturated heterocycles. The SMILES string of the molecule is CCCCn1nnnc1C(NC(CC(=O)O)c1ccc(Cl)c(Cl)c1)c1ccc(OC)c(O)c1. The molecule has 0 aliphatic heterocycles. The molecule has 0 aliphatic carbocycles. The van der Waals surface area contributed by atoms with Crippen molar-refractivity contribution in [2.75, 3.05) is 7.11 Å². The number of carboxylic acid groups (broad SMARTS) is 1. The fourth-order valence-corrected chi connectivity index (χ4v) is 3.78. The first-order valence-electron chi connectivity index (χ1n) is 10.4. The van der Waals surface area contributed by atoms with E-state index in [1.54, 1.807) is 41.1 Å². The van der Waals surface area contributed by atoms with E-state index in [1.165, 1.54) is 7.11 Å². The van der Waals surface area contributed by atoms with Gasteiger partial charge in [-0.1, -0.05) is 48.7 Å². The molecule has 3 N–H and O–H groups in total. The highest BCUT2D eigenvalue weighted by Crippen LogP contribution is 2.34. The van der Waals surface area contributed by atoms with Crippen LogP contribution in [0.25, 0.3) is 0 Å². The van der Waals surface area contributed by atoms with Gasteiger partial charge < -0.3 is 14.9 Å². The molecule has 0 saturated carbocycles. The maximum absolute atomic E-state index is 11.7. The predicted molar refractivity (Wildman–Crippen MR) is 124 cm³/mol. The highest BCUT2D eigenvalue weighted by atomic mass is 35.5. The number of benzene rings is 2. The van der Waals surface area contributed by atoms with E-state index in [0.717, 1.165) is 12.8 Å². The molecular formula is C22H25Cl2N5O4. The molecule has 3 aromatic rings. The van der Waals surface area contributed by atoms with Gasteiger partial charge >= 0.3 is 5.97 Å². The Hall–Kier alpha value is -2.88. The quantitative estimate of drug-likeness (QED) is 0.359. The second-order valence-electron chi connectivity index (χ2n) is 7.47. The van der Waals surface area contributed by atoms with E-state index < -0.39 is 18.1 Å². The molecule has 0 aliphatic rings. The number of methoxy groups -OCH3 is 1. The van der Waals surface area contributed by atoms with E-state index in [1.807, 2.05) is 0 Å². The summed E-state index contributed by atoms with van der Waals surface area (Å²) in [5.41, 5.74) is 1.28. The molecule has 33 heavy (non-hydrogen) atoms. The molecule has 0 fully saturated rings. The predicted octanol–water partition coefficient (Wildman–Crippen LogP) is 4.39. The molecule has 0 spiro atoms. The highest BCUT2D eigenvalue weighted by Gasteiger charge is 2.27. The summed E-state index contributed by atoms with van der Waals surface area (Å²) in [7, 11) is 1.46. The third-order valence-electron chi connectivity index (χ3n) is 5.17. The Morgan fingerprint density at radius 3 is 2.58 bits per heavy atom. The summed E-state index contributed by atoms with van der Waals surface area (Å²) in [5, 5.41) is 36.1. The number of halogens is 2. The Morgan fingerprint density at radius 2 is 1.94 bits per heavy atom. The molecule has 0 radical (unpaired) electrons. The normalized spacial score (nSPS) is 13.0. The van der Waals surface area contributed by atoms with E-state index in [2.05, 4.69) is 27.8 Å². The number of nitrogens with one attached hydrogen (secondary N) is 1. The summed E-state index contributed by atoms with van der Waals surface area (Å²) in [5.74, 6) is -0.253. The number of aryl methyl sites for hydroxylation is 1. The van der Waals surface area contributed by atoms with E-state index in [0.29, 0.717) is 39.3 Å². The number of aromatic hydroxyl groups is 1. The minimum Gasteiger partial charge on any atom is -0.504 e. The average Bonchev–Trinajstić information content (AvgIpc) is 3.25. The molecule has 176 valence electrons. The number of hydrogen-bond acceptors (Lipinski definition) is 7. The van der Waals surface area contributed by atoms with Gasteiger partial charge in [-0.2, -0.15) is 0 Å². The number of aromatic nitrogens is 4. The van der Waals surface area contributed by atoms with Crippen LogP contribution in [0.4, 0.5) is 0 Å². The van der Waals surface area contributed by atoms with Crippen LogP contribution in [0, 0.1) is 0 Å². The largest absolute Gasteiger partial charge is 0.504 e. The minimum absolute atomic E-state index is 0.0568. The van der Waals surface area contributed by atoms with Gasteiger partial charge in [-0.05, 0) is 52.2 Å². The number of unbranched alkanes of at least 4 members (excludes halogenated alkanes) is 1. The van der Waals surface area contributed by atoms with E-state index in [-0.39, 0.29) is 12.2 Å². The van der Waals surface area contributed by atoms with Crippen LogP contribution < -0.4 is 10.1 Å². The molecule has 2 unspecified atom stereocenters. The molecule has 3 rings (SSSR count). The van der Waals surface area contributed by atoms with Crippen molar-refractivity contribution in [3.8, 4) is 11.5 Å². The number of rotatable bonds is 11. The van der Waals surface area contributed by atoms with Crippen LogP contribution in [0.1, 0.15) is 55.2 Å². The van der Waals surface area contributed by atoms with Crippen molar-refractivity contribution in [1.82, 2.24) is 25.5 Å². The lowest BCUT2D eigenvalue weighted by molar-refractivity contribution is -0.137. The number of aliphatic carboxylic acids is 1. The van der Waals surface area contributed by atoms with Gasteiger partial charge in [0.2, 0.25) is 0 Å². The number of phenols is 1. The molecule has 2 atom stereocenters. The van der Waals surface area contributed by atoms with Crippen molar-refractivity contribution in [3.05, 3.63) is 63.4 Å². The number of carboxylic acids is 1. The standard InChI is InChI=1S/C22H25Cl2N5O4/c1-3-4-9-29-22(26-27-28-29)21(14-6-8-19(33-2)18(30)11-14)25-17(12-20(31)32)13-5-7-15(23)16(24)10-13/h5-8,10-11,17,21,25,30H,3-4,9,12H2,1-2H3,(H,31,32). The Morgan fingerprint density at radius 1 is 1.18 bits per heavy atom. The number of tetrazole rings is 1. The van der Waals surface area contributed by atoms with Crippen LogP contribution in [0.15, 0.2) is 36.4 Å². The van der Waals surface area contributed by atoms with Crippen LogP contribution >= 0.6 is 23.2 Å². The van der Waals surface area contributed by atoms with E-state index in [4.69, 9.17) is 27.9 Å². The number of phenolic OH excluding ortho intramolecular Hbond substituents is 1. The second kappa shape index (κ2) is 11.3. The van der Waals surface area contributed by atoms with Crippen LogP contribution in [0.3, 0.4) is 0 Å². The van der Waals surface area contributed by atoms with Gasteiger partial charge in [0.05, 0.1) is 29.6 Å². The molecule has 9 nitrogen and oxygen atoms in total. The molecule has 1 heterocycles. The Kier molecular flexibility index (Phi) is 8.49. The van der Waals surface area contributed by atoms with Crippen molar-refractivity contribution in [2.24, 2.45) is 0 Å². The smallest absolute Gasteiger partial charge is 0.305 e. The summed E-state index contributed by atoms with van der Waals surface area (Å²) in [4.78, 5) is 11.7. The van der Waals surface area contributed by atoms with Gasteiger partial charge in [-0.3, -0.25) is 10.1 Å². The van der Waals surface area contributed by atoms with E-state index in [9.17, 15) is 15.0 Å². The van der Waals surface area contributed by atoms with Crippen LogP contribution in [0.5, 0.6) is 11.5 Å². The first kappa shape index (κ1) is 24.8. The molecule has 0 bridgehead atoms. The first-order chi connectivity index (χ1) is 15.8. The fourth-order valence-electron chi connectivity index (χ4n) is 3.47. The van der Waals surface area contributed by atoms with Gasteiger partial charge in [0, 0.05) is 12.6 Å². The van der Waals surface area contributed by atoms with Gasteiger partial charge in [-0.15, -0.1) is 5.10 Å². The summed E-state index contributed by atoms with van der Waals surface area (Å²) in [6.45, 7) is 2.66. The maximum atomic E-state index is 11.7. The van der Waals surface area contributed by atoms with Crippen molar-refractivity contribution in [2.45, 2.75) is 44.8 Å². The number of ether oxygens (including phenoxy) is 1. The summed E-state index contributed by atoms with van der Waals surface area (Å²) < 4.78 is 6.83. The van der Waals surface area contributed by atoms with E-state index >= 15 is 0 Å². The third kappa shape index (κ3) is 6.13. The van der Waals surface area contributed by atoms with Gasteiger partial charge in [0.15, 0.2) is 17.3 Å². The second-order valence-corrected chi connectivity index (χ2v) is 8.28. The number of nitrogens with zero attached hydrogens (tertiary/aromatic N) is 4. The van der Waals surface area contributed by atoms with Gasteiger partial charge in [0.25, 0.3) is 0 Å². The number of carbonyl (C=O) groups is 1. The number of hydrogen-bond donors (Lipinski definition) is 3. The lowest BCUT2D eigenvalue weighted by atomic mass is 9.99. The average molecular weight is 494 g/mol. The zero-order valence-electron chi connectivity index (χ0n) is 18.2. The zero-order chi connectivity index (χ0) is 24.0. The fraction of sp³-hybridized carbons (Fsp3) is 0.364. The third-order valence-corrected chi connectivity index (χ3v) is 5.91. The minimum atomic E-state index is -1.000. The molecule has 1 aromatic heterocycles. The Bertz CT molecular complexity index is 1110. The molecule has 0 amide bonds. The van der Waals surface area contributed by atoms with Gasteiger partial charge in [0.1, 0.15) is 0 Å². The summed E-state index contributed by atoms with van der Waals surface area (Å²) in [6.07, 6.45) is 1.59. The zero-order valence-corrected chi connectivity index (χ0v) is 19.7. The Balaban J connectivity index is 2.06. The lowest BCUT2D eigenvalue weighted by Gasteiger charge is -2.26. The summed E-state index contributed by atoms with van der Waals surface area (Å²) >= 11 is 12.2. The van der Waals surface area contributed by atoms with Gasteiger partial charge in [-0.25, -0.2) is 4.68 Å². The van der Waals surface area contributed by atoms with Crippen molar-refractivity contribution >= 4 is 29.2 Å². The molecule has 2 aromatic carbocycles. The maximum Gasteiger partial charge on any atom is 0.305 e. The topological polar surface area (TPSA) is 122 Å².